The monoisotopic (exact) mass is 500 g/mol. The maximum atomic E-state index is 9.88. The Balaban J connectivity index is 1.61. The van der Waals surface area contributed by atoms with Crippen LogP contribution >= 0.6 is 0 Å². The van der Waals surface area contributed by atoms with Gasteiger partial charge in [-0.1, -0.05) is 13.8 Å². The normalized spacial score (nSPS) is 15.0. The van der Waals surface area contributed by atoms with Crippen molar-refractivity contribution in [2.24, 2.45) is 16.1 Å². The third-order valence-electron chi connectivity index (χ3n) is 6.80. The van der Waals surface area contributed by atoms with Crippen LogP contribution in [0.1, 0.15) is 30.5 Å². The van der Waals surface area contributed by atoms with Crippen LogP contribution in [0.2, 0.25) is 0 Å². The summed E-state index contributed by atoms with van der Waals surface area (Å²) in [6.45, 7) is 8.37. The molecule has 1 saturated heterocycles. The fourth-order valence-electron chi connectivity index (χ4n) is 4.54. The van der Waals surface area contributed by atoms with E-state index in [9.17, 15) is 5.11 Å². The van der Waals surface area contributed by atoms with Crippen LogP contribution in [0.4, 0.5) is 11.4 Å². The van der Waals surface area contributed by atoms with Crippen LogP contribution in [0.15, 0.2) is 53.9 Å². The maximum absolute atomic E-state index is 9.88. The lowest BCUT2D eigenvalue weighted by Gasteiger charge is -2.38. The summed E-state index contributed by atoms with van der Waals surface area (Å²) < 4.78 is 12.6. The van der Waals surface area contributed by atoms with Crippen LogP contribution in [-0.2, 0) is 11.2 Å². The predicted molar refractivity (Wildman–Crippen MR) is 145 cm³/mol. The molecule has 4 heterocycles. The molecule has 0 aliphatic carbocycles. The number of hydrogen-bond acceptors (Lipinski definition) is 7. The van der Waals surface area contributed by atoms with E-state index in [0.29, 0.717) is 30.5 Å². The van der Waals surface area contributed by atoms with Gasteiger partial charge in [-0.2, -0.15) is 5.10 Å². The number of amidine groups is 1. The molecular formula is C28H32N6O3. The van der Waals surface area contributed by atoms with Crippen molar-refractivity contribution in [1.82, 2.24) is 14.6 Å². The van der Waals surface area contributed by atoms with Gasteiger partial charge in [0, 0.05) is 41.5 Å². The summed E-state index contributed by atoms with van der Waals surface area (Å²) in [4.78, 5) is 9.12. The highest BCUT2D eigenvalue weighted by molar-refractivity contribution is 6.06. The molecule has 4 aromatic rings. The lowest BCUT2D eigenvalue weighted by Crippen LogP contribution is -2.45. The standard InChI is InChI=1S/C28H32N6O3/c1-5-18-9-20(35)6-7-23(18)33-27(29)22-12-32-34-13-19(21-11-30-25(36-4)8-17(21)2)10-24(34)26(22)31-14-28(3)15-37-16-28/h6-13,31,35H,5,14-16H2,1-4H3,(H2,29,33). The van der Waals surface area contributed by atoms with Crippen molar-refractivity contribution >= 4 is 22.7 Å². The van der Waals surface area contributed by atoms with Gasteiger partial charge in [0.15, 0.2) is 0 Å². The lowest BCUT2D eigenvalue weighted by molar-refractivity contribution is -0.0924. The first kappa shape index (κ1) is 24.6. The summed E-state index contributed by atoms with van der Waals surface area (Å²) >= 11 is 0. The number of pyridine rings is 1. The van der Waals surface area contributed by atoms with Gasteiger partial charge in [0.1, 0.15) is 11.6 Å². The summed E-state index contributed by atoms with van der Waals surface area (Å²) in [6.07, 6.45) is 6.26. The number of benzene rings is 1. The molecular weight excluding hydrogens is 468 g/mol. The third-order valence-corrected chi connectivity index (χ3v) is 6.80. The minimum Gasteiger partial charge on any atom is -0.508 e. The second-order valence-corrected chi connectivity index (χ2v) is 9.85. The molecule has 9 nitrogen and oxygen atoms in total. The predicted octanol–water partition coefficient (Wildman–Crippen LogP) is 4.47. The molecule has 37 heavy (non-hydrogen) atoms. The highest BCUT2D eigenvalue weighted by Crippen LogP contribution is 2.33. The van der Waals surface area contributed by atoms with E-state index in [1.54, 1.807) is 31.5 Å². The molecule has 0 unspecified atom stereocenters. The SMILES string of the molecule is CCc1cc(O)ccc1N=C(N)c1cnn2cc(-c3cnc(OC)cc3C)cc2c1NCC1(C)COC1. The molecule has 1 aliphatic heterocycles. The Hall–Kier alpha value is -4.11. The number of nitrogens with two attached hydrogens (primary N) is 1. The molecule has 0 bridgehead atoms. The number of aryl methyl sites for hydroxylation is 2. The lowest BCUT2D eigenvalue weighted by atomic mass is 9.88. The number of hydrogen-bond donors (Lipinski definition) is 3. The van der Waals surface area contributed by atoms with E-state index in [1.807, 2.05) is 36.8 Å². The van der Waals surface area contributed by atoms with Crippen molar-refractivity contribution < 1.29 is 14.6 Å². The van der Waals surface area contributed by atoms with Crippen molar-refractivity contribution in [3.63, 3.8) is 0 Å². The second kappa shape index (κ2) is 9.74. The number of ether oxygens (including phenoxy) is 2. The molecule has 0 spiro atoms. The van der Waals surface area contributed by atoms with Gasteiger partial charge in [-0.3, -0.25) is 0 Å². The number of aromatic nitrogens is 3. The average molecular weight is 501 g/mol. The van der Waals surface area contributed by atoms with Crippen LogP contribution in [0.3, 0.4) is 0 Å². The largest absolute Gasteiger partial charge is 0.508 e. The fourth-order valence-corrected chi connectivity index (χ4v) is 4.54. The van der Waals surface area contributed by atoms with Crippen LogP contribution < -0.4 is 15.8 Å². The van der Waals surface area contributed by atoms with Gasteiger partial charge in [-0.05, 0) is 48.7 Å². The van der Waals surface area contributed by atoms with Gasteiger partial charge < -0.3 is 25.6 Å². The van der Waals surface area contributed by atoms with Gasteiger partial charge >= 0.3 is 0 Å². The number of rotatable bonds is 8. The average Bonchev–Trinajstić information content (AvgIpc) is 3.31. The third kappa shape index (κ3) is 4.82. The highest BCUT2D eigenvalue weighted by Gasteiger charge is 2.33. The van der Waals surface area contributed by atoms with E-state index in [1.165, 1.54) is 0 Å². The number of fused-ring (bicyclic) bond motifs is 1. The molecule has 0 amide bonds. The number of nitrogens with zero attached hydrogens (tertiary/aromatic N) is 4. The zero-order valence-corrected chi connectivity index (χ0v) is 21.6. The molecule has 1 aliphatic rings. The van der Waals surface area contributed by atoms with Crippen molar-refractivity contribution in [2.45, 2.75) is 27.2 Å². The molecule has 0 atom stereocenters. The molecule has 1 fully saturated rings. The Morgan fingerprint density at radius 3 is 2.76 bits per heavy atom. The zero-order chi connectivity index (χ0) is 26.2. The molecule has 3 aromatic heterocycles. The minimum atomic E-state index is 0.0433. The summed E-state index contributed by atoms with van der Waals surface area (Å²) in [5.74, 6) is 1.13. The first-order chi connectivity index (χ1) is 17.8. The van der Waals surface area contributed by atoms with Crippen LogP contribution in [0, 0.1) is 12.3 Å². The topological polar surface area (TPSA) is 119 Å². The highest BCUT2D eigenvalue weighted by atomic mass is 16.5. The Morgan fingerprint density at radius 1 is 1.27 bits per heavy atom. The van der Waals surface area contributed by atoms with Crippen LogP contribution in [0.5, 0.6) is 11.6 Å². The van der Waals surface area contributed by atoms with Crippen LogP contribution in [0.25, 0.3) is 16.6 Å². The van der Waals surface area contributed by atoms with Gasteiger partial charge in [-0.15, -0.1) is 0 Å². The number of aromatic hydroxyl groups is 1. The van der Waals surface area contributed by atoms with E-state index in [0.717, 1.165) is 52.1 Å². The Kier molecular flexibility index (Phi) is 6.47. The smallest absolute Gasteiger partial charge is 0.213 e. The summed E-state index contributed by atoms with van der Waals surface area (Å²) in [7, 11) is 1.61. The molecule has 0 radical (unpaired) electrons. The number of aliphatic imine (C=N–C) groups is 1. The van der Waals surface area contributed by atoms with Gasteiger partial charge in [0.05, 0.1) is 49.0 Å². The Labute approximate surface area is 216 Å². The second-order valence-electron chi connectivity index (χ2n) is 9.85. The van der Waals surface area contributed by atoms with Gasteiger partial charge in [0.25, 0.3) is 0 Å². The quantitative estimate of drug-likeness (QED) is 0.241. The molecule has 4 N–H and O–H groups in total. The van der Waals surface area contributed by atoms with E-state index in [2.05, 4.69) is 28.4 Å². The number of phenolic OH excluding ortho intramolecular Hbond substituents is 1. The van der Waals surface area contributed by atoms with E-state index in [-0.39, 0.29) is 11.2 Å². The first-order valence-corrected chi connectivity index (χ1v) is 12.3. The summed E-state index contributed by atoms with van der Waals surface area (Å²) in [5, 5.41) is 18.2. The fraction of sp³-hybridized carbons (Fsp3) is 0.321. The number of phenols is 1. The maximum Gasteiger partial charge on any atom is 0.213 e. The molecule has 0 saturated carbocycles. The summed E-state index contributed by atoms with van der Waals surface area (Å²) in [5.41, 5.74) is 13.7. The molecule has 9 heteroatoms. The molecule has 5 rings (SSSR count). The van der Waals surface area contributed by atoms with E-state index >= 15 is 0 Å². The van der Waals surface area contributed by atoms with E-state index in [4.69, 9.17) is 20.2 Å². The summed E-state index contributed by atoms with van der Waals surface area (Å²) in [6, 6.07) is 9.12. The van der Waals surface area contributed by atoms with Gasteiger partial charge in [0.2, 0.25) is 5.88 Å². The van der Waals surface area contributed by atoms with Crippen molar-refractivity contribution in [3.05, 3.63) is 65.6 Å². The van der Waals surface area contributed by atoms with Crippen molar-refractivity contribution in [3.8, 4) is 22.8 Å². The number of nitrogens with one attached hydrogen (secondary N) is 1. The molecule has 1 aromatic carbocycles. The van der Waals surface area contributed by atoms with Crippen LogP contribution in [-0.4, -0.2) is 52.4 Å². The first-order valence-electron chi connectivity index (χ1n) is 12.3. The minimum absolute atomic E-state index is 0.0433. The number of anilines is 1. The Morgan fingerprint density at radius 2 is 2.08 bits per heavy atom. The number of methoxy groups -OCH3 is 1. The van der Waals surface area contributed by atoms with Gasteiger partial charge in [-0.25, -0.2) is 14.5 Å². The zero-order valence-electron chi connectivity index (χ0n) is 21.6. The van der Waals surface area contributed by atoms with E-state index < -0.39 is 0 Å². The Bertz CT molecular complexity index is 1490. The van der Waals surface area contributed by atoms with Crippen molar-refractivity contribution in [2.75, 3.05) is 32.2 Å². The molecule has 192 valence electrons. The van der Waals surface area contributed by atoms with Crippen molar-refractivity contribution in [1.29, 1.82) is 0 Å².